The van der Waals surface area contributed by atoms with E-state index in [1.807, 2.05) is 19.9 Å². The third kappa shape index (κ3) is 3.80. The van der Waals surface area contributed by atoms with E-state index in [-0.39, 0.29) is 23.4 Å². The Morgan fingerprint density at radius 2 is 1.95 bits per heavy atom. The van der Waals surface area contributed by atoms with Crippen LogP contribution in [0.2, 0.25) is 5.28 Å². The molecule has 0 atom stereocenters. The molecule has 0 spiro atoms. The van der Waals surface area contributed by atoms with E-state index in [0.29, 0.717) is 11.3 Å². The molecule has 20 heavy (non-hydrogen) atoms. The van der Waals surface area contributed by atoms with E-state index in [9.17, 15) is 0 Å². The minimum Gasteiger partial charge on any atom is -0.461 e. The highest BCUT2D eigenvalue weighted by molar-refractivity contribution is 6.28. The van der Waals surface area contributed by atoms with Crippen molar-refractivity contribution in [2.24, 2.45) is 0 Å². The maximum atomic E-state index is 8.83. The molecule has 0 saturated carbocycles. The van der Waals surface area contributed by atoms with Crippen LogP contribution in [-0.2, 0) is 0 Å². The molecule has 0 aliphatic carbocycles. The van der Waals surface area contributed by atoms with Crippen molar-refractivity contribution in [3.05, 3.63) is 35.1 Å². The van der Waals surface area contributed by atoms with E-state index in [1.165, 1.54) is 0 Å². The van der Waals surface area contributed by atoms with Crippen LogP contribution in [0.25, 0.3) is 0 Å². The van der Waals surface area contributed by atoms with Gasteiger partial charge in [0.25, 0.3) is 0 Å². The van der Waals surface area contributed by atoms with Crippen molar-refractivity contribution >= 4 is 11.6 Å². The van der Waals surface area contributed by atoms with Crippen LogP contribution in [0, 0.1) is 11.3 Å². The van der Waals surface area contributed by atoms with Gasteiger partial charge in [0.2, 0.25) is 5.28 Å². The van der Waals surface area contributed by atoms with Crippen molar-refractivity contribution in [1.82, 2.24) is 15.0 Å². The van der Waals surface area contributed by atoms with Gasteiger partial charge in [-0.25, -0.2) is 0 Å². The lowest BCUT2D eigenvalue weighted by Crippen LogP contribution is -2.09. The Labute approximate surface area is 121 Å². The van der Waals surface area contributed by atoms with Gasteiger partial charge in [-0.1, -0.05) is 6.07 Å². The summed E-state index contributed by atoms with van der Waals surface area (Å²) in [4.78, 5) is 11.7. The normalized spacial score (nSPS) is 10.2. The number of benzene rings is 1. The Kier molecular flexibility index (Phi) is 4.33. The minimum absolute atomic E-state index is 0.00994. The standard InChI is InChI=1S/C13H11ClN4O2/c1-8(2)19-12-16-11(14)17-13(18-12)20-10-5-3-4-9(6-10)7-15/h3-6,8H,1-2H3. The van der Waals surface area contributed by atoms with Crippen molar-refractivity contribution in [3.63, 3.8) is 0 Å². The zero-order valence-electron chi connectivity index (χ0n) is 10.9. The second-order valence-corrected chi connectivity index (χ2v) is 4.42. The van der Waals surface area contributed by atoms with Crippen LogP contribution >= 0.6 is 11.6 Å². The average molecular weight is 291 g/mol. The quantitative estimate of drug-likeness (QED) is 0.861. The molecule has 0 N–H and O–H groups in total. The molecule has 1 heterocycles. The predicted molar refractivity (Wildman–Crippen MR) is 71.8 cm³/mol. The number of rotatable bonds is 4. The van der Waals surface area contributed by atoms with Gasteiger partial charge >= 0.3 is 12.0 Å². The molecule has 6 nitrogen and oxygen atoms in total. The molecule has 7 heteroatoms. The third-order valence-electron chi connectivity index (χ3n) is 2.08. The zero-order chi connectivity index (χ0) is 14.5. The second kappa shape index (κ2) is 6.17. The summed E-state index contributed by atoms with van der Waals surface area (Å²) in [5.41, 5.74) is 0.473. The predicted octanol–water partition coefficient (Wildman–Crippen LogP) is 2.98. The Hall–Kier alpha value is -2.39. The van der Waals surface area contributed by atoms with Crippen LogP contribution in [-0.4, -0.2) is 21.1 Å². The first-order valence-electron chi connectivity index (χ1n) is 5.83. The molecule has 102 valence electrons. The first-order chi connectivity index (χ1) is 9.56. The maximum absolute atomic E-state index is 8.83. The Bertz CT molecular complexity index is 655. The molecular weight excluding hydrogens is 280 g/mol. The highest BCUT2D eigenvalue weighted by Crippen LogP contribution is 2.21. The topological polar surface area (TPSA) is 80.9 Å². The van der Waals surface area contributed by atoms with E-state index < -0.39 is 0 Å². The molecule has 0 aliphatic heterocycles. The summed E-state index contributed by atoms with van der Waals surface area (Å²) in [6, 6.07) is 8.73. The van der Waals surface area contributed by atoms with Crippen molar-refractivity contribution in [3.8, 4) is 23.8 Å². The molecule has 0 radical (unpaired) electrons. The van der Waals surface area contributed by atoms with Gasteiger partial charge in [-0.05, 0) is 43.6 Å². The molecule has 0 saturated heterocycles. The number of nitrogens with zero attached hydrogens (tertiary/aromatic N) is 4. The van der Waals surface area contributed by atoms with E-state index in [2.05, 4.69) is 15.0 Å². The Balaban J connectivity index is 2.24. The number of nitriles is 1. The first-order valence-corrected chi connectivity index (χ1v) is 6.21. The lowest BCUT2D eigenvalue weighted by Gasteiger charge is -2.09. The summed E-state index contributed by atoms with van der Waals surface area (Å²) in [5.74, 6) is 0.432. The Morgan fingerprint density at radius 3 is 2.65 bits per heavy atom. The van der Waals surface area contributed by atoms with Gasteiger partial charge in [-0.3, -0.25) is 0 Å². The lowest BCUT2D eigenvalue weighted by atomic mass is 10.2. The largest absolute Gasteiger partial charge is 0.461 e. The Morgan fingerprint density at radius 1 is 1.20 bits per heavy atom. The molecule has 0 amide bonds. The maximum Gasteiger partial charge on any atom is 0.329 e. The molecule has 0 unspecified atom stereocenters. The molecule has 1 aromatic heterocycles. The minimum atomic E-state index is -0.0942. The molecule has 2 rings (SSSR count). The van der Waals surface area contributed by atoms with Crippen LogP contribution in [0.1, 0.15) is 19.4 Å². The number of hydrogen-bond acceptors (Lipinski definition) is 6. The molecule has 0 aliphatic rings. The van der Waals surface area contributed by atoms with Gasteiger partial charge < -0.3 is 9.47 Å². The van der Waals surface area contributed by atoms with Gasteiger partial charge in [0.1, 0.15) is 5.75 Å². The molecule has 1 aromatic carbocycles. The van der Waals surface area contributed by atoms with Gasteiger partial charge in [-0.2, -0.15) is 15.2 Å². The van der Waals surface area contributed by atoms with E-state index >= 15 is 0 Å². The van der Waals surface area contributed by atoms with E-state index in [0.717, 1.165) is 0 Å². The molecule has 0 fully saturated rings. The van der Waals surface area contributed by atoms with Gasteiger partial charge in [-0.15, -0.1) is 4.98 Å². The number of aromatic nitrogens is 3. The average Bonchev–Trinajstić information content (AvgIpc) is 2.37. The fourth-order valence-corrected chi connectivity index (χ4v) is 1.50. The third-order valence-corrected chi connectivity index (χ3v) is 2.25. The summed E-state index contributed by atoms with van der Waals surface area (Å²) in [6.45, 7) is 3.68. The van der Waals surface area contributed by atoms with Crippen LogP contribution in [0.15, 0.2) is 24.3 Å². The lowest BCUT2D eigenvalue weighted by molar-refractivity contribution is 0.218. The van der Waals surface area contributed by atoms with Crippen LogP contribution in [0.5, 0.6) is 17.8 Å². The first kappa shape index (κ1) is 14.0. The highest BCUT2D eigenvalue weighted by Gasteiger charge is 2.10. The molecule has 0 bridgehead atoms. The van der Waals surface area contributed by atoms with E-state index in [1.54, 1.807) is 24.3 Å². The monoisotopic (exact) mass is 290 g/mol. The fourth-order valence-electron chi connectivity index (χ4n) is 1.36. The van der Waals surface area contributed by atoms with Crippen molar-refractivity contribution in [1.29, 1.82) is 5.26 Å². The van der Waals surface area contributed by atoms with Crippen molar-refractivity contribution in [2.45, 2.75) is 20.0 Å². The van der Waals surface area contributed by atoms with Crippen molar-refractivity contribution in [2.75, 3.05) is 0 Å². The SMILES string of the molecule is CC(C)Oc1nc(Cl)nc(Oc2cccc(C#N)c2)n1. The summed E-state index contributed by atoms with van der Waals surface area (Å²) < 4.78 is 10.8. The molecular formula is C13H11ClN4O2. The van der Waals surface area contributed by atoms with Crippen molar-refractivity contribution < 1.29 is 9.47 Å². The number of ether oxygens (including phenoxy) is 2. The van der Waals surface area contributed by atoms with E-state index in [4.69, 9.17) is 26.3 Å². The van der Waals surface area contributed by atoms with Gasteiger partial charge in [0.05, 0.1) is 17.7 Å². The second-order valence-electron chi connectivity index (χ2n) is 4.08. The van der Waals surface area contributed by atoms with Gasteiger partial charge in [0, 0.05) is 0 Å². The smallest absolute Gasteiger partial charge is 0.329 e. The van der Waals surface area contributed by atoms with Crippen LogP contribution in [0.4, 0.5) is 0 Å². The van der Waals surface area contributed by atoms with Crippen LogP contribution < -0.4 is 9.47 Å². The van der Waals surface area contributed by atoms with Gasteiger partial charge in [0.15, 0.2) is 0 Å². The summed E-state index contributed by atoms with van der Waals surface area (Å²) >= 11 is 5.78. The highest BCUT2D eigenvalue weighted by atomic mass is 35.5. The zero-order valence-corrected chi connectivity index (χ0v) is 11.6. The number of halogens is 1. The summed E-state index contributed by atoms with van der Waals surface area (Å²) in [5, 5.41) is 8.80. The van der Waals surface area contributed by atoms with Crippen LogP contribution in [0.3, 0.4) is 0 Å². The fraction of sp³-hybridized carbons (Fsp3) is 0.231. The number of hydrogen-bond donors (Lipinski definition) is 0. The summed E-state index contributed by atoms with van der Waals surface area (Å²) in [6.07, 6.45) is -0.0942. The summed E-state index contributed by atoms with van der Waals surface area (Å²) in [7, 11) is 0. The molecule has 2 aromatic rings.